The Balaban J connectivity index is 2.77. The van der Waals surface area contributed by atoms with E-state index in [-0.39, 0.29) is 6.61 Å². The maximum Gasteiger partial charge on any atom is 0.0693 e. The number of hydrogen-bond acceptors (Lipinski definition) is 1. The van der Waals surface area contributed by atoms with Gasteiger partial charge in [-0.05, 0) is 44.4 Å². The van der Waals surface area contributed by atoms with Crippen LogP contribution >= 0.6 is 31.9 Å². The molecular formula is C11H8Br2O. The molecule has 2 aromatic carbocycles. The molecule has 0 atom stereocenters. The monoisotopic (exact) mass is 314 g/mol. The number of hydrogen-bond donors (Lipinski definition) is 1. The molecule has 0 radical (unpaired) electrons. The van der Waals surface area contributed by atoms with Gasteiger partial charge < -0.3 is 5.11 Å². The molecule has 0 fully saturated rings. The van der Waals surface area contributed by atoms with E-state index in [9.17, 15) is 0 Å². The second-order valence-corrected chi connectivity index (χ2v) is 4.77. The quantitative estimate of drug-likeness (QED) is 0.847. The standard InChI is InChI=1S/C11H8Br2O/c12-9-3-4-10-7(5-9)1-2-8(6-14)11(10)13/h1-5,14H,6H2. The van der Waals surface area contributed by atoms with Crippen molar-refractivity contribution in [1.82, 2.24) is 0 Å². The first kappa shape index (κ1) is 10.1. The third-order valence-electron chi connectivity index (χ3n) is 2.17. The Labute approximate surface area is 99.0 Å². The molecule has 0 bridgehead atoms. The van der Waals surface area contributed by atoms with Crippen LogP contribution < -0.4 is 0 Å². The molecule has 1 N–H and O–H groups in total. The molecule has 0 aliphatic heterocycles. The maximum absolute atomic E-state index is 9.09. The van der Waals surface area contributed by atoms with Crippen LogP contribution in [0.15, 0.2) is 39.3 Å². The summed E-state index contributed by atoms with van der Waals surface area (Å²) in [6, 6.07) is 10.0. The van der Waals surface area contributed by atoms with Crippen molar-refractivity contribution >= 4 is 42.6 Å². The summed E-state index contributed by atoms with van der Waals surface area (Å²) in [5.41, 5.74) is 0.917. The Bertz CT molecular complexity index is 480. The van der Waals surface area contributed by atoms with Crippen LogP contribution in [0, 0.1) is 0 Å². The first-order valence-corrected chi connectivity index (χ1v) is 5.78. The minimum absolute atomic E-state index is 0.0621. The van der Waals surface area contributed by atoms with E-state index in [1.54, 1.807) is 0 Å². The largest absolute Gasteiger partial charge is 0.392 e. The highest BCUT2D eigenvalue weighted by Crippen LogP contribution is 2.29. The molecule has 0 spiro atoms. The van der Waals surface area contributed by atoms with E-state index in [2.05, 4.69) is 37.9 Å². The number of halogens is 2. The number of benzene rings is 2. The van der Waals surface area contributed by atoms with Crippen molar-refractivity contribution in [1.29, 1.82) is 0 Å². The van der Waals surface area contributed by atoms with Gasteiger partial charge in [-0.3, -0.25) is 0 Å². The molecule has 0 aliphatic carbocycles. The molecule has 0 amide bonds. The van der Waals surface area contributed by atoms with Crippen LogP contribution in [0.5, 0.6) is 0 Å². The Morgan fingerprint density at radius 3 is 2.57 bits per heavy atom. The van der Waals surface area contributed by atoms with Crippen LogP contribution in [-0.2, 0) is 6.61 Å². The van der Waals surface area contributed by atoms with Crippen molar-refractivity contribution in [2.75, 3.05) is 0 Å². The molecule has 0 aromatic heterocycles. The second kappa shape index (κ2) is 4.01. The molecule has 2 rings (SSSR count). The van der Waals surface area contributed by atoms with Gasteiger partial charge >= 0.3 is 0 Å². The minimum Gasteiger partial charge on any atom is -0.392 e. The van der Waals surface area contributed by atoms with Gasteiger partial charge in [-0.1, -0.05) is 34.1 Å². The SMILES string of the molecule is OCc1ccc2cc(Br)ccc2c1Br. The summed E-state index contributed by atoms with van der Waals surface area (Å²) < 4.78 is 2.04. The van der Waals surface area contributed by atoms with Gasteiger partial charge in [-0.2, -0.15) is 0 Å². The van der Waals surface area contributed by atoms with Crippen molar-refractivity contribution in [3.63, 3.8) is 0 Å². The molecule has 1 nitrogen and oxygen atoms in total. The van der Waals surface area contributed by atoms with Crippen molar-refractivity contribution in [3.8, 4) is 0 Å². The number of aliphatic hydroxyl groups excluding tert-OH is 1. The van der Waals surface area contributed by atoms with Gasteiger partial charge in [-0.15, -0.1) is 0 Å². The third kappa shape index (κ3) is 1.72. The average molecular weight is 316 g/mol. The van der Waals surface area contributed by atoms with E-state index in [1.807, 2.05) is 24.3 Å². The van der Waals surface area contributed by atoms with E-state index >= 15 is 0 Å². The molecule has 0 saturated carbocycles. The normalized spacial score (nSPS) is 10.8. The van der Waals surface area contributed by atoms with E-state index < -0.39 is 0 Å². The summed E-state index contributed by atoms with van der Waals surface area (Å²) in [6.07, 6.45) is 0. The molecule has 14 heavy (non-hydrogen) atoms. The fourth-order valence-electron chi connectivity index (χ4n) is 1.43. The van der Waals surface area contributed by atoms with Crippen molar-refractivity contribution in [3.05, 3.63) is 44.8 Å². The predicted octanol–water partition coefficient (Wildman–Crippen LogP) is 3.86. The molecule has 0 heterocycles. The summed E-state index contributed by atoms with van der Waals surface area (Å²) >= 11 is 6.92. The van der Waals surface area contributed by atoms with Gasteiger partial charge in [0, 0.05) is 8.95 Å². The van der Waals surface area contributed by atoms with E-state index in [4.69, 9.17) is 5.11 Å². The van der Waals surface area contributed by atoms with Gasteiger partial charge in [0.25, 0.3) is 0 Å². The summed E-state index contributed by atoms with van der Waals surface area (Å²) in [6.45, 7) is 0.0621. The number of fused-ring (bicyclic) bond motifs is 1. The van der Waals surface area contributed by atoms with Crippen molar-refractivity contribution in [2.24, 2.45) is 0 Å². The lowest BCUT2D eigenvalue weighted by molar-refractivity contribution is 0.281. The van der Waals surface area contributed by atoms with Crippen LogP contribution in [0.2, 0.25) is 0 Å². The lowest BCUT2D eigenvalue weighted by Crippen LogP contribution is -1.86. The summed E-state index contributed by atoms with van der Waals surface area (Å²) in [7, 11) is 0. The summed E-state index contributed by atoms with van der Waals surface area (Å²) in [5.74, 6) is 0. The average Bonchev–Trinajstić information content (AvgIpc) is 2.18. The molecule has 0 saturated heterocycles. The van der Waals surface area contributed by atoms with E-state index in [0.29, 0.717) is 0 Å². The van der Waals surface area contributed by atoms with Crippen molar-refractivity contribution in [2.45, 2.75) is 6.61 Å². The second-order valence-electron chi connectivity index (χ2n) is 3.06. The van der Waals surface area contributed by atoms with E-state index in [0.717, 1.165) is 25.3 Å². The molecule has 3 heteroatoms. The number of aliphatic hydroxyl groups is 1. The smallest absolute Gasteiger partial charge is 0.0693 e. The molecule has 2 aromatic rings. The Kier molecular flexibility index (Phi) is 2.91. The highest BCUT2D eigenvalue weighted by atomic mass is 79.9. The van der Waals surface area contributed by atoms with Gasteiger partial charge in [0.05, 0.1) is 6.61 Å². The number of rotatable bonds is 1. The lowest BCUT2D eigenvalue weighted by Gasteiger charge is -2.05. The molecular weight excluding hydrogens is 308 g/mol. The zero-order valence-corrected chi connectivity index (χ0v) is 10.5. The van der Waals surface area contributed by atoms with Gasteiger partial charge in [-0.25, -0.2) is 0 Å². The zero-order chi connectivity index (χ0) is 10.1. The van der Waals surface area contributed by atoms with Crippen LogP contribution in [0.4, 0.5) is 0 Å². The summed E-state index contributed by atoms with van der Waals surface area (Å²) in [4.78, 5) is 0. The minimum atomic E-state index is 0.0621. The lowest BCUT2D eigenvalue weighted by atomic mass is 10.1. The van der Waals surface area contributed by atoms with Crippen LogP contribution in [0.3, 0.4) is 0 Å². The Morgan fingerprint density at radius 1 is 1.07 bits per heavy atom. The van der Waals surface area contributed by atoms with Gasteiger partial charge in [0.1, 0.15) is 0 Å². The van der Waals surface area contributed by atoms with E-state index in [1.165, 1.54) is 0 Å². The molecule has 0 unspecified atom stereocenters. The molecule has 0 aliphatic rings. The fourth-order valence-corrected chi connectivity index (χ4v) is 2.43. The zero-order valence-electron chi connectivity index (χ0n) is 7.30. The highest BCUT2D eigenvalue weighted by Gasteiger charge is 2.03. The first-order chi connectivity index (χ1) is 6.72. The predicted molar refractivity (Wildman–Crippen MR) is 65.3 cm³/mol. The Morgan fingerprint density at radius 2 is 1.86 bits per heavy atom. The fraction of sp³-hybridized carbons (Fsp3) is 0.0909. The van der Waals surface area contributed by atoms with Crippen molar-refractivity contribution < 1.29 is 5.11 Å². The summed E-state index contributed by atoms with van der Waals surface area (Å²) in [5, 5.41) is 11.4. The van der Waals surface area contributed by atoms with Crippen LogP contribution in [0.1, 0.15) is 5.56 Å². The highest BCUT2D eigenvalue weighted by molar-refractivity contribution is 9.11. The molecule has 72 valence electrons. The maximum atomic E-state index is 9.09. The Hall–Kier alpha value is -0.380. The van der Waals surface area contributed by atoms with Crippen LogP contribution in [0.25, 0.3) is 10.8 Å². The van der Waals surface area contributed by atoms with Gasteiger partial charge in [0.15, 0.2) is 0 Å². The van der Waals surface area contributed by atoms with Crippen LogP contribution in [-0.4, -0.2) is 5.11 Å². The topological polar surface area (TPSA) is 20.2 Å². The van der Waals surface area contributed by atoms with Gasteiger partial charge in [0.2, 0.25) is 0 Å². The first-order valence-electron chi connectivity index (χ1n) is 4.20. The third-order valence-corrected chi connectivity index (χ3v) is 3.60.